The van der Waals surface area contributed by atoms with E-state index in [1.54, 1.807) is 6.20 Å². The van der Waals surface area contributed by atoms with Gasteiger partial charge in [-0.05, 0) is 67.2 Å². The molecule has 4 heteroatoms. The van der Waals surface area contributed by atoms with E-state index in [1.807, 2.05) is 42.5 Å². The molecule has 0 spiro atoms. The highest BCUT2D eigenvalue weighted by Crippen LogP contribution is 2.35. The Morgan fingerprint density at radius 3 is 2.52 bits per heavy atom. The predicted molar refractivity (Wildman–Crippen MR) is 86.7 cm³/mol. The zero-order valence-electron chi connectivity index (χ0n) is 11.3. The van der Waals surface area contributed by atoms with Crippen molar-refractivity contribution in [1.82, 2.24) is 4.98 Å². The summed E-state index contributed by atoms with van der Waals surface area (Å²) < 4.78 is 0.738. The van der Waals surface area contributed by atoms with Crippen LogP contribution in [0.5, 0.6) is 0 Å². The second-order valence-corrected chi connectivity index (χ2v) is 5.61. The lowest BCUT2D eigenvalue weighted by molar-refractivity contribution is 0.260. The number of nitrogens with zero attached hydrogens (tertiary/aromatic N) is 1. The molecule has 3 nitrogen and oxygen atoms in total. The van der Waals surface area contributed by atoms with Crippen molar-refractivity contribution in [3.63, 3.8) is 0 Å². The van der Waals surface area contributed by atoms with Crippen molar-refractivity contribution in [2.75, 3.05) is 0 Å². The molecule has 0 aliphatic heterocycles. The number of pyridine rings is 1. The van der Waals surface area contributed by atoms with Gasteiger partial charge in [0, 0.05) is 6.20 Å². The number of rotatable bonds is 3. The van der Waals surface area contributed by atoms with Crippen molar-refractivity contribution in [2.45, 2.75) is 13.2 Å². The Hall–Kier alpha value is -1.75. The molecule has 0 saturated carbocycles. The average Bonchev–Trinajstić information content (AvgIpc) is 2.52. The lowest BCUT2D eigenvalue weighted by Gasteiger charge is -2.16. The summed E-state index contributed by atoms with van der Waals surface area (Å²) in [5.41, 5.74) is 3.42. The van der Waals surface area contributed by atoms with Crippen molar-refractivity contribution in [3.8, 4) is 11.1 Å². The summed E-state index contributed by atoms with van der Waals surface area (Å²) in [5.74, 6) is 0. The second-order valence-electron chi connectivity index (χ2n) is 4.79. The summed E-state index contributed by atoms with van der Waals surface area (Å²) in [6.45, 7) is -0.212. The van der Waals surface area contributed by atoms with Gasteiger partial charge in [0.2, 0.25) is 0 Å². The number of benzene rings is 2. The largest absolute Gasteiger partial charge is 0.392 e. The molecular weight excluding hydrogens is 330 g/mol. The molecule has 0 saturated heterocycles. The monoisotopic (exact) mass is 343 g/mol. The zero-order chi connectivity index (χ0) is 14.8. The van der Waals surface area contributed by atoms with E-state index in [4.69, 9.17) is 0 Å². The first-order chi connectivity index (χ1) is 10.2. The molecule has 1 heterocycles. The molecule has 2 N–H and O–H groups in total. The minimum Gasteiger partial charge on any atom is -0.392 e. The molecule has 106 valence electrons. The van der Waals surface area contributed by atoms with Crippen LogP contribution in [0.2, 0.25) is 0 Å². The lowest BCUT2D eigenvalue weighted by Crippen LogP contribution is -1.99. The molecule has 3 aromatic rings. The molecule has 0 aliphatic rings. The average molecular weight is 344 g/mol. The molecular formula is C17H14BrNO2. The van der Waals surface area contributed by atoms with Gasteiger partial charge in [0.05, 0.1) is 13.2 Å². The zero-order valence-corrected chi connectivity index (χ0v) is 12.8. The number of aliphatic hydroxyl groups is 2. The van der Waals surface area contributed by atoms with Crippen LogP contribution in [-0.4, -0.2) is 15.2 Å². The van der Waals surface area contributed by atoms with Crippen LogP contribution in [0, 0.1) is 0 Å². The summed E-state index contributed by atoms with van der Waals surface area (Å²) in [6, 6.07) is 13.7. The summed E-state index contributed by atoms with van der Waals surface area (Å²) >= 11 is 3.38. The van der Waals surface area contributed by atoms with E-state index in [0.29, 0.717) is 0 Å². The van der Waals surface area contributed by atoms with Crippen LogP contribution < -0.4 is 0 Å². The third-order valence-corrected chi connectivity index (χ3v) is 4.03. The quantitative estimate of drug-likeness (QED) is 0.713. The van der Waals surface area contributed by atoms with Gasteiger partial charge in [-0.3, -0.25) is 0 Å². The first kappa shape index (κ1) is 14.2. The van der Waals surface area contributed by atoms with Gasteiger partial charge in [0.1, 0.15) is 4.60 Å². The Bertz CT molecular complexity index is 802. The summed E-state index contributed by atoms with van der Waals surface area (Å²) in [7, 11) is 0. The summed E-state index contributed by atoms with van der Waals surface area (Å²) in [5, 5.41) is 21.5. The molecule has 0 amide bonds. The molecule has 2 aromatic carbocycles. The maximum Gasteiger partial charge on any atom is 0.106 e. The molecule has 0 aliphatic carbocycles. The Labute approximate surface area is 131 Å². The Kier molecular flexibility index (Phi) is 4.01. The van der Waals surface area contributed by atoms with Gasteiger partial charge in [-0.15, -0.1) is 0 Å². The van der Waals surface area contributed by atoms with Crippen LogP contribution in [0.25, 0.3) is 21.9 Å². The van der Waals surface area contributed by atoms with Gasteiger partial charge < -0.3 is 10.2 Å². The Morgan fingerprint density at radius 2 is 1.81 bits per heavy atom. The van der Waals surface area contributed by atoms with Crippen LogP contribution in [0.4, 0.5) is 0 Å². The smallest absolute Gasteiger partial charge is 0.106 e. The van der Waals surface area contributed by atoms with Crippen LogP contribution in [0.1, 0.15) is 11.1 Å². The van der Waals surface area contributed by atoms with E-state index in [0.717, 1.165) is 37.6 Å². The van der Waals surface area contributed by atoms with Crippen LogP contribution >= 0.6 is 15.9 Å². The molecule has 0 atom stereocenters. The number of halogens is 1. The van der Waals surface area contributed by atoms with E-state index in [1.165, 1.54) is 0 Å². The highest BCUT2D eigenvalue weighted by Gasteiger charge is 2.14. The molecule has 0 radical (unpaired) electrons. The summed E-state index contributed by atoms with van der Waals surface area (Å²) in [6.07, 6.45) is 1.72. The topological polar surface area (TPSA) is 53.4 Å². The van der Waals surface area contributed by atoms with Crippen molar-refractivity contribution in [1.29, 1.82) is 0 Å². The van der Waals surface area contributed by atoms with Gasteiger partial charge in [-0.2, -0.15) is 0 Å². The second kappa shape index (κ2) is 5.93. The van der Waals surface area contributed by atoms with Gasteiger partial charge in [-0.25, -0.2) is 4.98 Å². The lowest BCUT2D eigenvalue weighted by atomic mass is 9.90. The highest BCUT2D eigenvalue weighted by atomic mass is 79.9. The SMILES string of the molecule is OCc1cc2ccccc2c(-c2ccnc(Br)c2)c1CO. The minimum absolute atomic E-state index is 0.0972. The normalized spacial score (nSPS) is 11.0. The van der Waals surface area contributed by atoms with E-state index in [-0.39, 0.29) is 13.2 Å². The maximum atomic E-state index is 9.78. The maximum absolute atomic E-state index is 9.78. The Balaban J connectivity index is 2.42. The number of hydrogen-bond donors (Lipinski definition) is 2. The van der Waals surface area contributed by atoms with Gasteiger partial charge in [-0.1, -0.05) is 24.3 Å². The fourth-order valence-electron chi connectivity index (χ4n) is 2.66. The molecule has 21 heavy (non-hydrogen) atoms. The molecule has 0 unspecified atom stereocenters. The number of hydrogen-bond acceptors (Lipinski definition) is 3. The van der Waals surface area contributed by atoms with E-state index < -0.39 is 0 Å². The first-order valence-electron chi connectivity index (χ1n) is 6.61. The Morgan fingerprint density at radius 1 is 1.00 bits per heavy atom. The standard InChI is InChI=1S/C17H14BrNO2/c18-16-8-12(5-6-19-16)17-14-4-2-1-3-11(14)7-13(9-20)15(17)10-21/h1-8,20-21H,9-10H2. The molecule has 1 aromatic heterocycles. The molecule has 3 rings (SSSR count). The van der Waals surface area contributed by atoms with E-state index in [2.05, 4.69) is 20.9 Å². The first-order valence-corrected chi connectivity index (χ1v) is 7.41. The van der Waals surface area contributed by atoms with E-state index >= 15 is 0 Å². The van der Waals surface area contributed by atoms with Crippen LogP contribution in [0.3, 0.4) is 0 Å². The number of aliphatic hydroxyl groups excluding tert-OH is 2. The van der Waals surface area contributed by atoms with Crippen LogP contribution in [0.15, 0.2) is 53.3 Å². The highest BCUT2D eigenvalue weighted by molar-refractivity contribution is 9.10. The third-order valence-electron chi connectivity index (χ3n) is 3.59. The van der Waals surface area contributed by atoms with Crippen molar-refractivity contribution >= 4 is 26.7 Å². The third kappa shape index (κ3) is 2.58. The van der Waals surface area contributed by atoms with Gasteiger partial charge in [0.15, 0.2) is 0 Å². The van der Waals surface area contributed by atoms with Crippen molar-refractivity contribution < 1.29 is 10.2 Å². The fourth-order valence-corrected chi connectivity index (χ4v) is 3.02. The molecule has 0 bridgehead atoms. The molecule has 0 fully saturated rings. The van der Waals surface area contributed by atoms with Gasteiger partial charge in [0.25, 0.3) is 0 Å². The minimum atomic E-state index is -0.115. The fraction of sp³-hybridized carbons (Fsp3) is 0.118. The van der Waals surface area contributed by atoms with E-state index in [9.17, 15) is 10.2 Å². The number of fused-ring (bicyclic) bond motifs is 1. The van der Waals surface area contributed by atoms with Crippen LogP contribution in [-0.2, 0) is 13.2 Å². The predicted octanol–water partition coefficient (Wildman–Crippen LogP) is 3.65. The van der Waals surface area contributed by atoms with Crippen molar-refractivity contribution in [3.05, 3.63) is 64.4 Å². The van der Waals surface area contributed by atoms with Gasteiger partial charge >= 0.3 is 0 Å². The van der Waals surface area contributed by atoms with Crippen molar-refractivity contribution in [2.24, 2.45) is 0 Å². The number of aromatic nitrogens is 1. The summed E-state index contributed by atoms with van der Waals surface area (Å²) in [4.78, 5) is 4.15.